The summed E-state index contributed by atoms with van der Waals surface area (Å²) < 4.78 is 47.5. The highest BCUT2D eigenvalue weighted by atomic mass is 35.5. The monoisotopic (exact) mass is 1180 g/mol. The van der Waals surface area contributed by atoms with E-state index in [-0.39, 0.29) is 59.7 Å². The highest BCUT2D eigenvalue weighted by Gasteiger charge is 2.55. The number of amides is 1. The van der Waals surface area contributed by atoms with Gasteiger partial charge in [-0.15, -0.1) is 0 Å². The van der Waals surface area contributed by atoms with Crippen LogP contribution >= 0.6 is 54.9 Å². The Hall–Kier alpha value is -5.42. The van der Waals surface area contributed by atoms with Crippen molar-refractivity contribution in [1.29, 1.82) is 5.26 Å². The molecule has 3 aliphatic heterocycles. The Morgan fingerprint density at radius 1 is 0.787 bits per heavy atom. The third-order valence-electron chi connectivity index (χ3n) is 15.6. The molecule has 1 fully saturated rings. The van der Waals surface area contributed by atoms with Crippen LogP contribution in [0.1, 0.15) is 126 Å². The number of methoxy groups -OCH3 is 2. The molecule has 0 radical (unpaired) electrons. The first-order chi connectivity index (χ1) is 38.4. The minimum atomic E-state index is -1.61. The number of fused-ring (bicyclic) bond motifs is 6. The number of ether oxygens (including phenoxy) is 5. The summed E-state index contributed by atoms with van der Waals surface area (Å²) in [6.07, 6.45) is 2.22. The molecule has 1 saturated heterocycles. The zero-order chi connectivity index (χ0) is 57.2. The van der Waals surface area contributed by atoms with Gasteiger partial charge in [-0.05, 0) is 162 Å². The SMILES string of the molecule is COc1ccc(C(OC[C@@H]2C[C@@H](OP(OCCC#N)N(C(C)C)C(C)C)CN2C(=O)CCCCc2cc3c(c(Cl)c2C)Oc2c(cc(Cl)c(C)c2C)C32OC(=O)c3cc(Cl)c(Cl)cc32)(c2ccccc2)c2ccc(OC)cc2)cc1. The van der Waals surface area contributed by atoms with Crippen LogP contribution in [0.3, 0.4) is 0 Å². The van der Waals surface area contributed by atoms with Gasteiger partial charge in [-0.25, -0.2) is 9.46 Å². The van der Waals surface area contributed by atoms with Gasteiger partial charge in [-0.3, -0.25) is 4.79 Å². The van der Waals surface area contributed by atoms with Crippen LogP contribution in [0, 0.1) is 32.1 Å². The van der Waals surface area contributed by atoms with Crippen molar-refractivity contribution in [2.75, 3.05) is 34.0 Å². The van der Waals surface area contributed by atoms with Crippen molar-refractivity contribution in [2.45, 2.75) is 122 Å². The van der Waals surface area contributed by atoms with E-state index in [0.29, 0.717) is 82.0 Å². The molecule has 0 aliphatic carbocycles. The predicted octanol–water partition coefficient (Wildman–Crippen LogP) is 15.8. The second-order valence-electron chi connectivity index (χ2n) is 21.1. The van der Waals surface area contributed by atoms with Crippen molar-refractivity contribution in [1.82, 2.24) is 9.57 Å². The Morgan fingerprint density at radius 2 is 1.39 bits per heavy atom. The molecule has 0 aromatic heterocycles. The molecule has 6 aromatic rings. The quantitative estimate of drug-likeness (QED) is 0.0296. The summed E-state index contributed by atoms with van der Waals surface area (Å²) in [5, 5.41) is 10.8. The van der Waals surface area contributed by atoms with Gasteiger partial charge in [0.2, 0.25) is 5.91 Å². The summed E-state index contributed by atoms with van der Waals surface area (Å²) in [5.74, 6) is 1.64. The maximum atomic E-state index is 15.0. The second kappa shape index (κ2) is 25.0. The highest BCUT2D eigenvalue weighted by molar-refractivity contribution is 7.44. The van der Waals surface area contributed by atoms with Crippen LogP contribution in [-0.2, 0) is 40.9 Å². The maximum Gasteiger partial charge on any atom is 0.340 e. The summed E-state index contributed by atoms with van der Waals surface area (Å²) in [6.45, 7) is 14.9. The van der Waals surface area contributed by atoms with Gasteiger partial charge in [-0.1, -0.05) is 101 Å². The summed E-state index contributed by atoms with van der Waals surface area (Å²) >= 11 is 27.4. The zero-order valence-corrected chi connectivity index (χ0v) is 50.4. The number of benzene rings is 6. The Labute approximate surface area is 491 Å². The number of hydrogen-bond donors (Lipinski definition) is 0. The van der Waals surface area contributed by atoms with Crippen LogP contribution in [-0.4, -0.2) is 79.7 Å². The molecule has 1 amide bonds. The van der Waals surface area contributed by atoms with Gasteiger partial charge < -0.3 is 37.6 Å². The molecule has 0 N–H and O–H groups in total. The van der Waals surface area contributed by atoms with Gasteiger partial charge in [0.05, 0.1) is 72.7 Å². The standard InChI is InChI=1S/C63H66Cl4N3O9P/c1-37(2)70(38(3)4)80(76-29-15-28-68)79-49-31-46(36-75-62(43-17-11-10-12-18-43,44-20-24-47(73-8)25-21-44)45-22-26-48(74-9)27-23-45)69(35-49)57(71)19-14-13-16-42-30-52-60(58(67)41(42)7)77-59-40(6)39(5)54(64)34-53(59)63(52)51-33-56(66)55(65)32-50(51)61(72)78-63/h10-12,17-18,20-27,30,32-34,37-38,46,49H,13-16,19,29,31,35-36H2,1-9H3/t46-,49+,63?,80?/m0/s1. The third-order valence-corrected chi connectivity index (χ3v) is 19.3. The topological polar surface area (TPSA) is 129 Å². The molecule has 420 valence electrons. The van der Waals surface area contributed by atoms with Crippen LogP contribution in [0.2, 0.25) is 20.1 Å². The van der Waals surface area contributed by atoms with Crippen molar-refractivity contribution < 1.29 is 42.3 Å². The van der Waals surface area contributed by atoms with E-state index in [4.69, 9.17) is 79.1 Å². The van der Waals surface area contributed by atoms with Gasteiger partial charge in [-0.2, -0.15) is 5.26 Å². The van der Waals surface area contributed by atoms with Crippen molar-refractivity contribution in [2.24, 2.45) is 0 Å². The minimum absolute atomic E-state index is 0.0417. The van der Waals surface area contributed by atoms with E-state index < -0.39 is 37.8 Å². The van der Waals surface area contributed by atoms with E-state index in [1.165, 1.54) is 6.07 Å². The number of aryl methyl sites for hydroxylation is 1. The molecule has 80 heavy (non-hydrogen) atoms. The van der Waals surface area contributed by atoms with Crippen molar-refractivity contribution in [3.63, 3.8) is 0 Å². The fraction of sp³-hybridized carbons (Fsp3) is 0.381. The van der Waals surface area contributed by atoms with Crippen molar-refractivity contribution >= 4 is 66.8 Å². The Balaban J connectivity index is 1.03. The van der Waals surface area contributed by atoms with Crippen molar-refractivity contribution in [3.05, 3.63) is 184 Å². The molecule has 1 spiro atoms. The second-order valence-corrected chi connectivity index (χ2v) is 24.1. The number of carbonyl (C=O) groups is 2. The Bertz CT molecular complexity index is 3250. The molecule has 3 heterocycles. The first kappa shape index (κ1) is 59.2. The molecular formula is C63H66Cl4N3O9P. The number of hydrogen-bond acceptors (Lipinski definition) is 11. The van der Waals surface area contributed by atoms with Gasteiger partial charge in [0.1, 0.15) is 22.8 Å². The van der Waals surface area contributed by atoms with Crippen LogP contribution in [0.5, 0.6) is 23.0 Å². The molecule has 12 nitrogen and oxygen atoms in total. The number of likely N-dealkylation sites (tertiary alicyclic amines) is 1. The van der Waals surface area contributed by atoms with Crippen LogP contribution in [0.15, 0.2) is 103 Å². The minimum Gasteiger partial charge on any atom is -0.497 e. The predicted molar refractivity (Wildman–Crippen MR) is 315 cm³/mol. The highest BCUT2D eigenvalue weighted by Crippen LogP contribution is 2.61. The van der Waals surface area contributed by atoms with Gasteiger partial charge in [0, 0.05) is 46.8 Å². The first-order valence-corrected chi connectivity index (χ1v) is 29.6. The number of nitrogens with zero attached hydrogens (tertiary/aromatic N) is 3. The van der Waals surface area contributed by atoms with Crippen LogP contribution in [0.25, 0.3) is 0 Å². The molecular weight excluding hydrogens is 1120 g/mol. The van der Waals surface area contributed by atoms with E-state index >= 15 is 4.79 Å². The molecule has 9 rings (SSSR count). The zero-order valence-electron chi connectivity index (χ0n) is 46.5. The van der Waals surface area contributed by atoms with Crippen LogP contribution < -0.4 is 14.2 Å². The molecule has 3 aliphatic rings. The molecule has 4 atom stereocenters. The average Bonchev–Trinajstić information content (AvgIpc) is 3.67. The summed E-state index contributed by atoms with van der Waals surface area (Å²) in [7, 11) is 1.67. The number of carbonyl (C=O) groups excluding carboxylic acids is 2. The number of nitriles is 1. The number of rotatable bonds is 21. The average molecular weight is 1180 g/mol. The molecule has 0 saturated carbocycles. The van der Waals surface area contributed by atoms with Gasteiger partial charge in [0.15, 0.2) is 11.4 Å². The lowest BCUT2D eigenvalue weighted by Crippen LogP contribution is -2.42. The van der Waals surface area contributed by atoms with Gasteiger partial charge >= 0.3 is 5.97 Å². The summed E-state index contributed by atoms with van der Waals surface area (Å²) in [6, 6.07) is 34.8. The van der Waals surface area contributed by atoms with Crippen molar-refractivity contribution in [3.8, 4) is 29.1 Å². The molecule has 6 aromatic carbocycles. The lowest BCUT2D eigenvalue weighted by atomic mass is 9.75. The fourth-order valence-corrected chi connectivity index (χ4v) is 14.0. The van der Waals surface area contributed by atoms with Crippen LogP contribution in [0.4, 0.5) is 0 Å². The lowest BCUT2D eigenvalue weighted by molar-refractivity contribution is -0.134. The first-order valence-electron chi connectivity index (χ1n) is 26.9. The summed E-state index contributed by atoms with van der Waals surface area (Å²) in [4.78, 5) is 30.9. The number of esters is 1. The number of halogens is 4. The third kappa shape index (κ3) is 11.3. The normalized spacial score (nSPS) is 17.8. The lowest BCUT2D eigenvalue weighted by Gasteiger charge is -2.38. The maximum absolute atomic E-state index is 15.0. The smallest absolute Gasteiger partial charge is 0.340 e. The molecule has 17 heteroatoms. The Kier molecular flexibility index (Phi) is 18.5. The van der Waals surface area contributed by atoms with E-state index in [0.717, 1.165) is 38.9 Å². The number of unbranched alkanes of at least 4 members (excludes halogenated alkanes) is 1. The fourth-order valence-electron chi connectivity index (χ4n) is 11.4. The van der Waals surface area contributed by atoms with E-state index in [1.54, 1.807) is 26.4 Å². The largest absolute Gasteiger partial charge is 0.497 e. The van der Waals surface area contributed by atoms with Gasteiger partial charge in [0.25, 0.3) is 8.53 Å². The molecule has 2 unspecified atom stereocenters. The van der Waals surface area contributed by atoms with E-state index in [2.05, 4.69) is 50.6 Å². The Morgan fingerprint density at radius 3 is 2.00 bits per heavy atom. The van der Waals surface area contributed by atoms with E-state index in [1.807, 2.05) is 98.5 Å². The van der Waals surface area contributed by atoms with E-state index in [9.17, 15) is 10.1 Å². The summed E-state index contributed by atoms with van der Waals surface area (Å²) in [5.41, 5.74) is 5.13. The molecule has 0 bridgehead atoms.